The molecule has 1 heterocycles. The maximum atomic E-state index is 11.6. The van der Waals surface area contributed by atoms with Crippen LogP contribution in [-0.2, 0) is 14.4 Å². The van der Waals surface area contributed by atoms with Crippen molar-refractivity contribution >= 4 is 17.7 Å². The summed E-state index contributed by atoms with van der Waals surface area (Å²) in [5, 5.41) is 2.61. The molecule has 0 saturated carbocycles. The van der Waals surface area contributed by atoms with Crippen LogP contribution in [0, 0.1) is 0 Å². The van der Waals surface area contributed by atoms with E-state index >= 15 is 0 Å². The van der Waals surface area contributed by atoms with E-state index in [4.69, 9.17) is 5.73 Å². The predicted molar refractivity (Wildman–Crippen MR) is 57.1 cm³/mol. The minimum atomic E-state index is -0.915. The second-order valence-electron chi connectivity index (χ2n) is 3.42. The van der Waals surface area contributed by atoms with Crippen LogP contribution >= 0.6 is 0 Å². The van der Waals surface area contributed by atoms with E-state index in [1.54, 1.807) is 0 Å². The minimum Gasteiger partial charge on any atom is -0.354 e. The highest BCUT2D eigenvalue weighted by Gasteiger charge is 2.34. The molecule has 0 saturated heterocycles. The van der Waals surface area contributed by atoms with Crippen molar-refractivity contribution in [2.24, 2.45) is 5.73 Å². The fraction of sp³-hybridized carbons (Fsp3) is 0.500. The average Bonchev–Trinajstić information content (AvgIpc) is 2.59. The zero-order valence-electron chi connectivity index (χ0n) is 9.10. The molecule has 6 heteroatoms. The molecule has 0 radical (unpaired) electrons. The predicted octanol–water partition coefficient (Wildman–Crippen LogP) is -1.24. The molecular weight excluding hydrogens is 210 g/mol. The lowest BCUT2D eigenvalue weighted by atomic mass is 10.2. The van der Waals surface area contributed by atoms with Crippen LogP contribution < -0.4 is 11.1 Å². The summed E-state index contributed by atoms with van der Waals surface area (Å²) in [6.45, 7) is 2.33. The van der Waals surface area contributed by atoms with Crippen molar-refractivity contribution in [1.82, 2.24) is 10.2 Å². The van der Waals surface area contributed by atoms with Gasteiger partial charge in [0.05, 0.1) is 0 Å². The number of nitrogens with two attached hydrogens (primary N) is 1. The van der Waals surface area contributed by atoms with Gasteiger partial charge in [-0.3, -0.25) is 19.3 Å². The maximum Gasteiger partial charge on any atom is 0.254 e. The molecular formula is C10H15N3O3. The van der Waals surface area contributed by atoms with Gasteiger partial charge in [-0.05, 0) is 6.42 Å². The van der Waals surface area contributed by atoms with E-state index in [0.717, 1.165) is 23.5 Å². The molecule has 0 aromatic carbocycles. The van der Waals surface area contributed by atoms with Gasteiger partial charge >= 0.3 is 0 Å². The third-order valence-electron chi connectivity index (χ3n) is 2.23. The van der Waals surface area contributed by atoms with Gasteiger partial charge in [-0.2, -0.15) is 0 Å². The molecule has 0 spiro atoms. The molecule has 1 rings (SSSR count). The monoisotopic (exact) mass is 225 g/mol. The van der Waals surface area contributed by atoms with Gasteiger partial charge in [0.1, 0.15) is 6.04 Å². The Kier molecular flexibility index (Phi) is 4.19. The van der Waals surface area contributed by atoms with E-state index in [0.29, 0.717) is 6.54 Å². The molecule has 6 nitrogen and oxygen atoms in total. The summed E-state index contributed by atoms with van der Waals surface area (Å²) in [5.41, 5.74) is 5.41. The number of rotatable bonds is 5. The SMILES string of the molecule is CCCNC(=O)[C@H](CN)N1C(=O)C=CC1=O. The fourth-order valence-electron chi connectivity index (χ4n) is 1.41. The molecule has 16 heavy (non-hydrogen) atoms. The van der Waals surface area contributed by atoms with E-state index in [2.05, 4.69) is 5.32 Å². The van der Waals surface area contributed by atoms with Gasteiger partial charge in [-0.15, -0.1) is 0 Å². The molecule has 1 aliphatic heterocycles. The molecule has 0 fully saturated rings. The van der Waals surface area contributed by atoms with E-state index < -0.39 is 23.8 Å². The highest BCUT2D eigenvalue weighted by molar-refractivity contribution is 6.15. The largest absolute Gasteiger partial charge is 0.354 e. The Balaban J connectivity index is 2.70. The Morgan fingerprint density at radius 3 is 2.44 bits per heavy atom. The average molecular weight is 225 g/mol. The Morgan fingerprint density at radius 2 is 2.00 bits per heavy atom. The lowest BCUT2D eigenvalue weighted by Gasteiger charge is -2.23. The van der Waals surface area contributed by atoms with Crippen molar-refractivity contribution in [2.75, 3.05) is 13.1 Å². The normalized spacial score (nSPS) is 16.8. The fourth-order valence-corrected chi connectivity index (χ4v) is 1.41. The lowest BCUT2D eigenvalue weighted by molar-refractivity contribution is -0.145. The smallest absolute Gasteiger partial charge is 0.254 e. The Morgan fingerprint density at radius 1 is 1.44 bits per heavy atom. The Bertz CT molecular complexity index is 320. The highest BCUT2D eigenvalue weighted by Crippen LogP contribution is 2.08. The summed E-state index contributed by atoms with van der Waals surface area (Å²) in [4.78, 5) is 35.2. The summed E-state index contributed by atoms with van der Waals surface area (Å²) in [5.74, 6) is -1.38. The molecule has 3 N–H and O–H groups in total. The Hall–Kier alpha value is -1.69. The van der Waals surface area contributed by atoms with Crippen molar-refractivity contribution in [3.05, 3.63) is 12.2 Å². The van der Waals surface area contributed by atoms with Crippen LogP contribution in [0.25, 0.3) is 0 Å². The van der Waals surface area contributed by atoms with Crippen molar-refractivity contribution in [3.8, 4) is 0 Å². The lowest BCUT2D eigenvalue weighted by Crippen LogP contribution is -2.53. The Labute approximate surface area is 93.5 Å². The molecule has 3 amide bonds. The van der Waals surface area contributed by atoms with Gasteiger partial charge in [0.25, 0.3) is 11.8 Å². The van der Waals surface area contributed by atoms with Crippen LogP contribution in [0.1, 0.15) is 13.3 Å². The van der Waals surface area contributed by atoms with E-state index in [9.17, 15) is 14.4 Å². The number of hydrogen-bond donors (Lipinski definition) is 2. The number of carbonyl (C=O) groups excluding carboxylic acids is 3. The van der Waals surface area contributed by atoms with Crippen molar-refractivity contribution < 1.29 is 14.4 Å². The van der Waals surface area contributed by atoms with Crippen molar-refractivity contribution in [1.29, 1.82) is 0 Å². The standard InChI is InChI=1S/C10H15N3O3/c1-2-5-12-10(16)7(6-11)13-8(14)3-4-9(13)15/h3-4,7H,2,5-6,11H2,1H3,(H,12,16)/t7-/m0/s1. The first kappa shape index (κ1) is 12.4. The second kappa shape index (κ2) is 5.41. The summed E-state index contributed by atoms with van der Waals surface area (Å²) in [7, 11) is 0. The molecule has 1 aliphatic rings. The van der Waals surface area contributed by atoms with Crippen molar-refractivity contribution in [3.63, 3.8) is 0 Å². The molecule has 0 unspecified atom stereocenters. The molecule has 1 atom stereocenters. The number of nitrogens with one attached hydrogen (secondary N) is 1. The molecule has 88 valence electrons. The number of amides is 3. The number of carbonyl (C=O) groups is 3. The summed E-state index contributed by atoms with van der Waals surface area (Å²) in [6, 6.07) is -0.915. The van der Waals surface area contributed by atoms with Crippen LogP contribution in [0.2, 0.25) is 0 Å². The van der Waals surface area contributed by atoms with Crippen LogP contribution in [0.3, 0.4) is 0 Å². The number of imide groups is 1. The molecule has 0 aliphatic carbocycles. The zero-order valence-corrected chi connectivity index (χ0v) is 9.10. The first-order valence-corrected chi connectivity index (χ1v) is 5.14. The second-order valence-corrected chi connectivity index (χ2v) is 3.42. The van der Waals surface area contributed by atoms with Crippen LogP contribution in [0.5, 0.6) is 0 Å². The number of nitrogens with zero attached hydrogens (tertiary/aromatic N) is 1. The van der Waals surface area contributed by atoms with Crippen LogP contribution in [-0.4, -0.2) is 41.8 Å². The third-order valence-corrected chi connectivity index (χ3v) is 2.23. The topological polar surface area (TPSA) is 92.5 Å². The van der Waals surface area contributed by atoms with E-state index in [1.165, 1.54) is 0 Å². The summed E-state index contributed by atoms with van der Waals surface area (Å²) >= 11 is 0. The van der Waals surface area contributed by atoms with Gasteiger partial charge in [-0.25, -0.2) is 0 Å². The van der Waals surface area contributed by atoms with Crippen LogP contribution in [0.4, 0.5) is 0 Å². The maximum absolute atomic E-state index is 11.6. The highest BCUT2D eigenvalue weighted by atomic mass is 16.2. The van der Waals surface area contributed by atoms with Gasteiger partial charge < -0.3 is 11.1 Å². The third kappa shape index (κ3) is 2.46. The van der Waals surface area contributed by atoms with E-state index in [-0.39, 0.29) is 6.54 Å². The van der Waals surface area contributed by atoms with Crippen molar-refractivity contribution in [2.45, 2.75) is 19.4 Å². The van der Waals surface area contributed by atoms with Gasteiger partial charge in [-0.1, -0.05) is 6.92 Å². The summed E-state index contributed by atoms with van der Waals surface area (Å²) < 4.78 is 0. The summed E-state index contributed by atoms with van der Waals surface area (Å²) in [6.07, 6.45) is 3.05. The molecule has 0 bridgehead atoms. The van der Waals surface area contributed by atoms with E-state index in [1.807, 2.05) is 6.92 Å². The zero-order chi connectivity index (χ0) is 12.1. The first-order chi connectivity index (χ1) is 7.61. The molecule has 0 aromatic heterocycles. The first-order valence-electron chi connectivity index (χ1n) is 5.14. The van der Waals surface area contributed by atoms with Gasteiger partial charge in [0.2, 0.25) is 5.91 Å². The number of hydrogen-bond acceptors (Lipinski definition) is 4. The van der Waals surface area contributed by atoms with Gasteiger partial charge in [0, 0.05) is 25.2 Å². The molecule has 0 aromatic rings. The minimum absolute atomic E-state index is 0.0747. The van der Waals surface area contributed by atoms with Gasteiger partial charge in [0.15, 0.2) is 0 Å². The van der Waals surface area contributed by atoms with Crippen LogP contribution in [0.15, 0.2) is 12.2 Å². The quantitative estimate of drug-likeness (QED) is 0.573.